The molecule has 2 aromatic carbocycles. The van der Waals surface area contributed by atoms with Gasteiger partial charge in [-0.3, -0.25) is 4.79 Å². The molecule has 0 heterocycles. The highest BCUT2D eigenvalue weighted by molar-refractivity contribution is 6.34. The highest BCUT2D eigenvalue weighted by Gasteiger charge is 2.13. The van der Waals surface area contributed by atoms with Gasteiger partial charge in [0.2, 0.25) is 0 Å². The van der Waals surface area contributed by atoms with E-state index in [0.717, 1.165) is 5.56 Å². The minimum absolute atomic E-state index is 0.145. The van der Waals surface area contributed by atoms with E-state index in [0.29, 0.717) is 27.3 Å². The van der Waals surface area contributed by atoms with Crippen molar-refractivity contribution in [2.75, 3.05) is 20.8 Å². The van der Waals surface area contributed by atoms with Crippen LogP contribution in [0, 0.1) is 0 Å². The summed E-state index contributed by atoms with van der Waals surface area (Å²) >= 11 is 11.8. The zero-order chi connectivity index (χ0) is 18.4. The van der Waals surface area contributed by atoms with Crippen LogP contribution in [0.25, 0.3) is 0 Å². The summed E-state index contributed by atoms with van der Waals surface area (Å²) in [5, 5.41) is 3.75. The summed E-state index contributed by atoms with van der Waals surface area (Å²) in [6, 6.07) is 10.0. The van der Waals surface area contributed by atoms with Crippen LogP contribution in [-0.2, 0) is 4.79 Å². The molecule has 0 aliphatic rings. The van der Waals surface area contributed by atoms with Crippen LogP contribution in [0.15, 0.2) is 36.4 Å². The molecule has 1 unspecified atom stereocenters. The lowest BCUT2D eigenvalue weighted by Gasteiger charge is -2.17. The van der Waals surface area contributed by atoms with E-state index in [1.807, 2.05) is 19.1 Å². The third-order valence-electron chi connectivity index (χ3n) is 3.49. The smallest absolute Gasteiger partial charge is 0.258 e. The number of hydrogen-bond acceptors (Lipinski definition) is 4. The maximum atomic E-state index is 12.1. The quantitative estimate of drug-likeness (QED) is 0.775. The van der Waals surface area contributed by atoms with Crippen LogP contribution in [0.4, 0.5) is 0 Å². The molecule has 0 fully saturated rings. The van der Waals surface area contributed by atoms with Crippen molar-refractivity contribution in [3.05, 3.63) is 52.0 Å². The SMILES string of the molecule is COc1ccc(C(C)NC(=O)COc2cc(Cl)cc(Cl)c2)cc1OC. The van der Waals surface area contributed by atoms with Crippen molar-refractivity contribution in [1.29, 1.82) is 0 Å². The van der Waals surface area contributed by atoms with Gasteiger partial charge in [-0.15, -0.1) is 0 Å². The van der Waals surface area contributed by atoms with E-state index in [4.69, 9.17) is 37.4 Å². The van der Waals surface area contributed by atoms with Gasteiger partial charge in [0.05, 0.1) is 20.3 Å². The molecule has 1 amide bonds. The molecule has 0 aliphatic carbocycles. The lowest BCUT2D eigenvalue weighted by atomic mass is 10.1. The Morgan fingerprint density at radius 2 is 1.68 bits per heavy atom. The fourth-order valence-electron chi connectivity index (χ4n) is 2.25. The Hall–Kier alpha value is -2.11. The highest BCUT2D eigenvalue weighted by Crippen LogP contribution is 2.30. The number of hydrogen-bond donors (Lipinski definition) is 1. The summed E-state index contributed by atoms with van der Waals surface area (Å²) in [5.41, 5.74) is 0.886. The fourth-order valence-corrected chi connectivity index (χ4v) is 2.76. The molecule has 1 N–H and O–H groups in total. The molecule has 0 spiro atoms. The van der Waals surface area contributed by atoms with Gasteiger partial charge in [-0.1, -0.05) is 29.3 Å². The summed E-state index contributed by atoms with van der Waals surface area (Å²) in [4.78, 5) is 12.1. The van der Waals surface area contributed by atoms with E-state index >= 15 is 0 Å². The Kier molecular flexibility index (Phi) is 6.79. The molecule has 0 radical (unpaired) electrons. The van der Waals surface area contributed by atoms with Crippen molar-refractivity contribution >= 4 is 29.1 Å². The summed E-state index contributed by atoms with van der Waals surface area (Å²) < 4.78 is 15.9. The van der Waals surface area contributed by atoms with Crippen LogP contribution in [0.5, 0.6) is 17.2 Å². The summed E-state index contributed by atoms with van der Waals surface area (Å²) in [5.74, 6) is 1.40. The first-order chi connectivity index (χ1) is 11.9. The van der Waals surface area contributed by atoms with Crippen LogP contribution in [-0.4, -0.2) is 26.7 Å². The predicted octanol–water partition coefficient (Wildman–Crippen LogP) is 4.27. The minimum atomic E-state index is -0.265. The van der Waals surface area contributed by atoms with E-state index in [-0.39, 0.29) is 18.6 Å². The van der Waals surface area contributed by atoms with E-state index in [1.54, 1.807) is 38.5 Å². The molecule has 2 aromatic rings. The molecule has 2 rings (SSSR count). The normalized spacial score (nSPS) is 11.6. The van der Waals surface area contributed by atoms with Crippen molar-refractivity contribution in [1.82, 2.24) is 5.32 Å². The number of amides is 1. The van der Waals surface area contributed by atoms with Gasteiger partial charge >= 0.3 is 0 Å². The second-order valence-electron chi connectivity index (χ2n) is 5.30. The van der Waals surface area contributed by atoms with Gasteiger partial charge in [-0.25, -0.2) is 0 Å². The van der Waals surface area contributed by atoms with E-state index in [2.05, 4.69) is 5.32 Å². The number of methoxy groups -OCH3 is 2. The molecule has 1 atom stereocenters. The maximum Gasteiger partial charge on any atom is 0.258 e. The molecule has 7 heteroatoms. The van der Waals surface area contributed by atoms with Crippen molar-refractivity contribution in [3.63, 3.8) is 0 Å². The summed E-state index contributed by atoms with van der Waals surface area (Å²) in [6.07, 6.45) is 0. The van der Waals surface area contributed by atoms with Crippen LogP contribution < -0.4 is 19.5 Å². The topological polar surface area (TPSA) is 56.8 Å². The number of carbonyl (C=O) groups is 1. The lowest BCUT2D eigenvalue weighted by molar-refractivity contribution is -0.123. The molecule has 0 saturated heterocycles. The largest absolute Gasteiger partial charge is 0.493 e. The van der Waals surface area contributed by atoms with Crippen molar-refractivity contribution in [2.45, 2.75) is 13.0 Å². The molecule has 134 valence electrons. The fraction of sp³-hybridized carbons (Fsp3) is 0.278. The number of nitrogens with one attached hydrogen (secondary N) is 1. The number of ether oxygens (including phenoxy) is 3. The Balaban J connectivity index is 1.95. The van der Waals surface area contributed by atoms with Gasteiger partial charge in [-0.05, 0) is 42.8 Å². The molecular formula is C18H19Cl2NO4. The van der Waals surface area contributed by atoms with E-state index in [1.165, 1.54) is 0 Å². The van der Waals surface area contributed by atoms with E-state index < -0.39 is 0 Å². The Labute approximate surface area is 156 Å². The van der Waals surface area contributed by atoms with Gasteiger partial charge in [0.15, 0.2) is 18.1 Å². The Morgan fingerprint density at radius 3 is 2.28 bits per heavy atom. The standard InChI is InChI=1S/C18H19Cl2NO4/c1-11(12-4-5-16(23-2)17(6-12)24-3)21-18(22)10-25-15-8-13(19)7-14(20)9-15/h4-9,11H,10H2,1-3H3,(H,21,22). The van der Waals surface area contributed by atoms with Gasteiger partial charge in [-0.2, -0.15) is 0 Å². The monoisotopic (exact) mass is 383 g/mol. The third kappa shape index (κ3) is 5.44. The predicted molar refractivity (Wildman–Crippen MR) is 98.1 cm³/mol. The second kappa shape index (κ2) is 8.83. The average molecular weight is 384 g/mol. The van der Waals surface area contributed by atoms with Crippen molar-refractivity contribution in [2.24, 2.45) is 0 Å². The van der Waals surface area contributed by atoms with Crippen molar-refractivity contribution in [3.8, 4) is 17.2 Å². The molecule has 0 saturated carbocycles. The number of halogens is 2. The second-order valence-corrected chi connectivity index (χ2v) is 6.17. The van der Waals surface area contributed by atoms with Gasteiger partial charge in [0.1, 0.15) is 5.75 Å². The van der Waals surface area contributed by atoms with Gasteiger partial charge < -0.3 is 19.5 Å². The molecule has 0 aliphatic heterocycles. The number of carbonyl (C=O) groups excluding carboxylic acids is 1. The number of benzene rings is 2. The van der Waals surface area contributed by atoms with Crippen LogP contribution in [0.2, 0.25) is 10.0 Å². The van der Waals surface area contributed by atoms with E-state index in [9.17, 15) is 4.79 Å². The highest BCUT2D eigenvalue weighted by atomic mass is 35.5. The first kappa shape index (κ1) is 19.2. The zero-order valence-electron chi connectivity index (χ0n) is 14.1. The van der Waals surface area contributed by atoms with Crippen molar-refractivity contribution < 1.29 is 19.0 Å². The Morgan fingerprint density at radius 1 is 1.04 bits per heavy atom. The summed E-state index contributed by atoms with van der Waals surface area (Å²) in [7, 11) is 3.14. The lowest BCUT2D eigenvalue weighted by Crippen LogP contribution is -2.31. The molecule has 25 heavy (non-hydrogen) atoms. The molecular weight excluding hydrogens is 365 g/mol. The first-order valence-electron chi connectivity index (χ1n) is 7.53. The van der Waals surface area contributed by atoms with Gasteiger partial charge in [0, 0.05) is 10.0 Å². The van der Waals surface area contributed by atoms with Crippen LogP contribution in [0.1, 0.15) is 18.5 Å². The number of rotatable bonds is 7. The maximum absolute atomic E-state index is 12.1. The summed E-state index contributed by atoms with van der Waals surface area (Å²) in [6.45, 7) is 1.73. The molecule has 0 bridgehead atoms. The molecule has 5 nitrogen and oxygen atoms in total. The van der Waals surface area contributed by atoms with Crippen LogP contribution in [0.3, 0.4) is 0 Å². The third-order valence-corrected chi connectivity index (χ3v) is 3.93. The minimum Gasteiger partial charge on any atom is -0.493 e. The van der Waals surface area contributed by atoms with Gasteiger partial charge in [0.25, 0.3) is 5.91 Å². The molecule has 0 aromatic heterocycles. The first-order valence-corrected chi connectivity index (χ1v) is 8.28. The Bertz CT molecular complexity index is 732. The van der Waals surface area contributed by atoms with Crippen LogP contribution >= 0.6 is 23.2 Å². The zero-order valence-corrected chi connectivity index (χ0v) is 15.6. The average Bonchev–Trinajstić information content (AvgIpc) is 2.58.